The van der Waals surface area contributed by atoms with Crippen molar-refractivity contribution in [2.75, 3.05) is 35.8 Å². The molecule has 0 amide bonds. The van der Waals surface area contributed by atoms with Crippen molar-refractivity contribution >= 4 is 49.4 Å². The quantitative estimate of drug-likeness (QED) is 0.0534. The largest absolute Gasteiger partial charge is 3.00 e. The summed E-state index contributed by atoms with van der Waals surface area (Å²) in [7, 11) is 6.00. The first-order valence-corrected chi connectivity index (χ1v) is 50.8. The van der Waals surface area contributed by atoms with Crippen LogP contribution in [0.3, 0.4) is 0 Å². The van der Waals surface area contributed by atoms with Crippen molar-refractivity contribution in [3.8, 4) is 33.8 Å². The van der Waals surface area contributed by atoms with Crippen LogP contribution < -0.4 is 14.7 Å². The summed E-state index contributed by atoms with van der Waals surface area (Å²) in [4.78, 5) is 26.2. The Morgan fingerprint density at radius 3 is 0.852 bits per heavy atom. The van der Waals surface area contributed by atoms with Crippen molar-refractivity contribution < 1.29 is 91.0 Å². The normalized spacial score (nSPS) is 18.6. The summed E-state index contributed by atoms with van der Waals surface area (Å²) in [5, 5.41) is 59.0. The molecule has 5 aliphatic carbocycles. The van der Waals surface area contributed by atoms with Crippen LogP contribution in [0.4, 0.5) is 17.1 Å². The molecule has 0 saturated heterocycles. The minimum atomic E-state index is -0.375. The van der Waals surface area contributed by atoms with Gasteiger partial charge in [0.25, 0.3) is 0 Å². The van der Waals surface area contributed by atoms with E-state index >= 15 is 0 Å². The Balaban J connectivity index is 0.000000187. The molecule has 5 saturated carbocycles. The molecule has 6 heterocycles. The van der Waals surface area contributed by atoms with Crippen LogP contribution in [0.2, 0.25) is 0 Å². The first-order valence-electron chi connectivity index (χ1n) is 50.8. The monoisotopic (exact) mass is 2440 g/mol. The molecule has 0 bridgehead atoms. The van der Waals surface area contributed by atoms with E-state index in [0.717, 1.165) is 56.8 Å². The topological polar surface area (TPSA) is 179 Å². The van der Waals surface area contributed by atoms with E-state index in [4.69, 9.17) is 40.6 Å². The Hall–Kier alpha value is -9.06. The minimum absolute atomic E-state index is 0. The second kappa shape index (κ2) is 56.6. The SMILES string of the molecule is CC(O)CC(C)O.CC(O)CC(C)O.CC(O)CC(C)O.CC1(C)CC(c2ccc3ccnc(-c4[c-]cccc4)c3c2)CC(C)(C)C1.CC1(C)CCC2(CCC(c3ccc4ccnc(-c5[c-]cccc5)c4c3)CC2)CC1.CN1C=CN(c2[c-]cccc2)[CH-]1.CN1C=CN(c2[c-]cccc2)[CH-]1.CN1C=CN(c2[c-]cccc2)[CH-]1.[Ir+3].[Ir+3].[Ir+3].[c-]1ccccc1-c1nccc2ccc(C3CCC4(CCCCC4)CC3)cc12. The van der Waals surface area contributed by atoms with Crippen LogP contribution in [-0.2, 0) is 60.3 Å². The van der Waals surface area contributed by atoms with Crippen molar-refractivity contribution in [1.29, 1.82) is 0 Å². The number of pyridine rings is 3. The first kappa shape index (κ1) is 117. The van der Waals surface area contributed by atoms with Gasteiger partial charge in [0.05, 0.1) is 36.6 Å². The molecule has 5 fully saturated rings. The number of hydrogen-bond donors (Lipinski definition) is 6. The van der Waals surface area contributed by atoms with E-state index in [1.54, 1.807) is 41.5 Å². The number of fused-ring (bicyclic) bond motifs is 3. The van der Waals surface area contributed by atoms with Crippen LogP contribution in [0.25, 0.3) is 66.1 Å². The standard InChI is InChI=1S/C28H32N.C26H28N.C25H28N.3C10H10N2.3C5H12O2.3Ir/c1-27(2)15-17-28(18-16-27)13-10-21(11-14-28)24-9-8-22-12-19-29-26(25(22)20-24)23-6-4-3-5-7-23;1-3-7-22(8-4-1)25-24-19-23(10-9-21(24)13-18-27-25)20-11-16-26(17-12-20)14-5-2-6-15-26;1-24(2)15-21(16-25(3,4)17-24)20-11-10-18-12-13-26-23(22(18)14-20)19-8-6-5-7-9-19;3*1-11-7-8-12(9-11)10-5-3-2-4-6-10;3*1-4(6)3-5(2)7;;;/h3-6,8-9,12,19-21H,10-11,13-18H2,1-2H3;1,3-4,7,9-10,13,18-20H,2,5-6,11-12,14-17H2;5-8,10-14,21H,15-17H2,1-4H3;3*2-5,7-9H,1H3;3*4-7H,3H2,1-2H3;;;/q3*-1;3*-2;;;;3*+3. The summed E-state index contributed by atoms with van der Waals surface area (Å²) in [6, 6.07) is 95.2. The molecule has 142 heavy (non-hydrogen) atoms. The zero-order valence-corrected chi connectivity index (χ0v) is 93.6. The fourth-order valence-electron chi connectivity index (χ4n) is 21.4. The zero-order chi connectivity index (χ0) is 99.1. The van der Waals surface area contributed by atoms with Gasteiger partial charge in [-0.3, -0.25) is 0 Å². The van der Waals surface area contributed by atoms with Gasteiger partial charge in [-0.05, 0) is 357 Å². The van der Waals surface area contributed by atoms with Gasteiger partial charge in [-0.2, -0.15) is 111 Å². The van der Waals surface area contributed by atoms with Crippen molar-refractivity contribution in [3.63, 3.8) is 0 Å². The molecule has 6 unspecified atom stereocenters. The second-order valence-corrected chi connectivity index (χ2v) is 42.6. The molecular weight excluding hydrogens is 2290 g/mol. The Morgan fingerprint density at radius 1 is 0.317 bits per heavy atom. The maximum Gasteiger partial charge on any atom is 3.00 e. The van der Waals surface area contributed by atoms with E-state index in [-0.39, 0.29) is 96.9 Å². The number of anilines is 3. The summed E-state index contributed by atoms with van der Waals surface area (Å²) >= 11 is 0. The van der Waals surface area contributed by atoms with Crippen LogP contribution in [0.1, 0.15) is 265 Å². The van der Waals surface area contributed by atoms with E-state index < -0.39 is 0 Å². The molecule has 12 aromatic rings. The van der Waals surface area contributed by atoms with Crippen LogP contribution in [0.5, 0.6) is 0 Å². The van der Waals surface area contributed by atoms with E-state index in [2.05, 4.69) is 192 Å². The molecule has 3 aliphatic heterocycles. The average Bonchev–Trinajstić information content (AvgIpc) is 1.15. The Labute approximate surface area is 892 Å². The smallest absolute Gasteiger partial charge is 0.510 e. The Kier molecular flexibility index (Phi) is 46.4. The molecule has 6 atom stereocenters. The van der Waals surface area contributed by atoms with E-state index in [9.17, 15) is 0 Å². The molecule has 15 nitrogen and oxygen atoms in total. The number of hydrogen-bond acceptors (Lipinski definition) is 15. The molecular formula is C124H154Ir3N9O6. The first-order chi connectivity index (χ1) is 66.7. The van der Waals surface area contributed by atoms with Crippen molar-refractivity contribution in [3.05, 3.63) is 347 Å². The summed E-state index contributed by atoms with van der Waals surface area (Å²) in [6.07, 6.45) is 44.9. The molecule has 0 radical (unpaired) electrons. The molecule has 8 aliphatic rings. The number of para-hydroxylation sites is 3. The Morgan fingerprint density at radius 2 is 0.599 bits per heavy atom. The van der Waals surface area contributed by atoms with Gasteiger partial charge in [0.15, 0.2) is 0 Å². The van der Waals surface area contributed by atoms with Gasteiger partial charge in [-0.1, -0.05) is 115 Å². The zero-order valence-electron chi connectivity index (χ0n) is 86.4. The van der Waals surface area contributed by atoms with Crippen molar-refractivity contribution in [2.24, 2.45) is 27.1 Å². The van der Waals surface area contributed by atoms with Crippen LogP contribution in [0, 0.1) is 83.5 Å². The number of aliphatic hydroxyl groups is 6. The van der Waals surface area contributed by atoms with Gasteiger partial charge < -0.3 is 75.0 Å². The maximum atomic E-state index is 8.56. The molecule has 6 N–H and O–H groups in total. The van der Waals surface area contributed by atoms with Crippen LogP contribution in [-0.4, -0.2) is 118 Å². The molecule has 758 valence electrons. The third-order valence-corrected chi connectivity index (χ3v) is 28.2. The summed E-state index contributed by atoms with van der Waals surface area (Å²) in [6.45, 7) is 30.6. The summed E-state index contributed by atoms with van der Waals surface area (Å²) < 4.78 is 0. The molecule has 2 spiro atoms. The summed E-state index contributed by atoms with van der Waals surface area (Å²) in [5.41, 5.74) is 16.8. The van der Waals surface area contributed by atoms with Crippen LogP contribution >= 0.6 is 0 Å². The van der Waals surface area contributed by atoms with Gasteiger partial charge in [0.1, 0.15) is 0 Å². The third kappa shape index (κ3) is 36.3. The second-order valence-electron chi connectivity index (χ2n) is 42.6. The fourth-order valence-corrected chi connectivity index (χ4v) is 21.4. The number of rotatable bonds is 15. The van der Waals surface area contributed by atoms with Gasteiger partial charge in [-0.25, -0.2) is 0 Å². The van der Waals surface area contributed by atoms with E-state index in [1.165, 1.54) is 177 Å². The fraction of sp³-hybridized carbons (Fsp3) is 0.419. The molecule has 18 heteroatoms. The predicted molar refractivity (Wildman–Crippen MR) is 576 cm³/mol. The summed E-state index contributed by atoms with van der Waals surface area (Å²) in [5.74, 6) is 2.04. The predicted octanol–water partition coefficient (Wildman–Crippen LogP) is 28.2. The van der Waals surface area contributed by atoms with Gasteiger partial charge in [-0.15, -0.1) is 125 Å². The average molecular weight is 2440 g/mol. The molecule has 20 rings (SSSR count). The minimum Gasteiger partial charge on any atom is -0.510 e. The number of nitrogens with zero attached hydrogens (tertiary/aromatic N) is 9. The van der Waals surface area contributed by atoms with Crippen molar-refractivity contribution in [1.82, 2.24) is 29.7 Å². The van der Waals surface area contributed by atoms with Gasteiger partial charge in [0, 0.05) is 18.6 Å². The molecule has 3 aromatic heterocycles. The number of aromatic nitrogens is 3. The molecule has 9 aromatic carbocycles. The Bertz CT molecular complexity index is 5520. The van der Waals surface area contributed by atoms with Gasteiger partial charge >= 0.3 is 60.3 Å². The third-order valence-electron chi connectivity index (χ3n) is 28.2. The van der Waals surface area contributed by atoms with E-state index in [0.29, 0.717) is 58.2 Å². The number of aliphatic hydroxyl groups excluding tert-OH is 6. The maximum absolute atomic E-state index is 8.56. The van der Waals surface area contributed by atoms with Gasteiger partial charge in [0.2, 0.25) is 0 Å². The number of benzene rings is 9. The van der Waals surface area contributed by atoms with Crippen LogP contribution in [0.15, 0.2) is 274 Å². The van der Waals surface area contributed by atoms with Crippen molar-refractivity contribution in [2.45, 2.75) is 285 Å². The van der Waals surface area contributed by atoms with E-state index in [1.807, 2.05) is 236 Å².